The third-order valence-corrected chi connectivity index (χ3v) is 3.82. The summed E-state index contributed by atoms with van der Waals surface area (Å²) in [6.07, 6.45) is -2.69. The van der Waals surface area contributed by atoms with Crippen molar-refractivity contribution in [3.8, 4) is 0 Å². The SMILES string of the molecule is CC(CC(=O)OCC(COC(=O)CC(C)C(=O)O)OC(=O)C(C)CC(=O)O)C(=O)O. The average molecular weight is 434 g/mol. The summed E-state index contributed by atoms with van der Waals surface area (Å²) in [5.41, 5.74) is 0. The summed E-state index contributed by atoms with van der Waals surface area (Å²) in [4.78, 5) is 67.7. The normalized spacial score (nSPS) is 14.5. The van der Waals surface area contributed by atoms with E-state index in [-0.39, 0.29) is 0 Å². The van der Waals surface area contributed by atoms with Crippen LogP contribution in [0.15, 0.2) is 0 Å². The fourth-order valence-corrected chi connectivity index (χ4v) is 1.91. The van der Waals surface area contributed by atoms with Crippen molar-refractivity contribution in [2.45, 2.75) is 46.1 Å². The molecule has 0 bridgehead atoms. The second-order valence-electron chi connectivity index (χ2n) is 6.81. The number of hydrogen-bond acceptors (Lipinski definition) is 9. The van der Waals surface area contributed by atoms with Crippen LogP contribution in [-0.4, -0.2) is 70.5 Å². The van der Waals surface area contributed by atoms with Crippen molar-refractivity contribution in [1.29, 1.82) is 0 Å². The summed E-state index contributed by atoms with van der Waals surface area (Å²) in [7, 11) is 0. The lowest BCUT2D eigenvalue weighted by molar-refractivity contribution is -0.171. The summed E-state index contributed by atoms with van der Waals surface area (Å²) < 4.78 is 14.7. The molecule has 0 spiro atoms. The van der Waals surface area contributed by atoms with E-state index in [1.807, 2.05) is 0 Å². The van der Waals surface area contributed by atoms with Gasteiger partial charge in [-0.15, -0.1) is 0 Å². The van der Waals surface area contributed by atoms with Gasteiger partial charge in [-0.2, -0.15) is 0 Å². The summed E-state index contributed by atoms with van der Waals surface area (Å²) in [6, 6.07) is 0. The lowest BCUT2D eigenvalue weighted by Gasteiger charge is -2.20. The predicted octanol–water partition coefficient (Wildman–Crippen LogP) is 0.317. The topological polar surface area (TPSA) is 191 Å². The molecule has 170 valence electrons. The van der Waals surface area contributed by atoms with Crippen molar-refractivity contribution in [1.82, 2.24) is 0 Å². The van der Waals surface area contributed by atoms with Gasteiger partial charge in [0.2, 0.25) is 0 Å². The van der Waals surface area contributed by atoms with E-state index in [4.69, 9.17) is 29.5 Å². The lowest BCUT2D eigenvalue weighted by atomic mass is 10.1. The van der Waals surface area contributed by atoms with Crippen molar-refractivity contribution in [2.75, 3.05) is 13.2 Å². The number of ether oxygens (including phenoxy) is 3. The molecule has 12 heteroatoms. The Morgan fingerprint density at radius 1 is 0.667 bits per heavy atom. The monoisotopic (exact) mass is 434 g/mol. The predicted molar refractivity (Wildman–Crippen MR) is 96.0 cm³/mol. The number of carbonyl (C=O) groups excluding carboxylic acids is 3. The van der Waals surface area contributed by atoms with Crippen LogP contribution in [0, 0.1) is 17.8 Å². The van der Waals surface area contributed by atoms with E-state index < -0.39 is 92.1 Å². The highest BCUT2D eigenvalue weighted by atomic mass is 16.6. The van der Waals surface area contributed by atoms with Crippen LogP contribution < -0.4 is 0 Å². The average Bonchev–Trinajstić information content (AvgIpc) is 2.62. The molecule has 12 nitrogen and oxygen atoms in total. The highest BCUT2D eigenvalue weighted by Gasteiger charge is 2.26. The molecular formula is C18H26O12. The number of hydrogen-bond donors (Lipinski definition) is 3. The molecule has 0 radical (unpaired) electrons. The van der Waals surface area contributed by atoms with Crippen molar-refractivity contribution >= 4 is 35.8 Å². The number of esters is 3. The zero-order valence-corrected chi connectivity index (χ0v) is 16.9. The minimum atomic E-state index is -1.29. The highest BCUT2D eigenvalue weighted by molar-refractivity contribution is 5.80. The van der Waals surface area contributed by atoms with Crippen molar-refractivity contribution < 1.29 is 58.3 Å². The standard InChI is InChI=1S/C18H26O12/c1-9(16(23)24)5-14(21)28-7-12(30-18(27)11(3)4-13(19)20)8-29-15(22)6-10(2)17(25)26/h9-12H,4-8H2,1-3H3,(H,19,20)(H,23,24)(H,25,26). The Kier molecular flexibility index (Phi) is 11.7. The van der Waals surface area contributed by atoms with E-state index in [1.165, 1.54) is 20.8 Å². The quantitative estimate of drug-likeness (QED) is 0.251. The molecule has 0 rings (SSSR count). The zero-order chi connectivity index (χ0) is 23.4. The van der Waals surface area contributed by atoms with Crippen LogP contribution in [0.2, 0.25) is 0 Å². The summed E-state index contributed by atoms with van der Waals surface area (Å²) in [6.45, 7) is 2.74. The minimum Gasteiger partial charge on any atom is -0.481 e. The van der Waals surface area contributed by atoms with Gasteiger partial charge >= 0.3 is 35.8 Å². The molecule has 0 aliphatic heterocycles. The minimum absolute atomic E-state index is 0.443. The molecule has 0 aliphatic rings. The Balaban J connectivity index is 4.90. The molecule has 3 unspecified atom stereocenters. The molecule has 0 aliphatic carbocycles. The van der Waals surface area contributed by atoms with Crippen LogP contribution in [0.4, 0.5) is 0 Å². The Bertz CT molecular complexity index is 618. The highest BCUT2D eigenvalue weighted by Crippen LogP contribution is 2.10. The van der Waals surface area contributed by atoms with E-state index in [1.54, 1.807) is 0 Å². The maximum absolute atomic E-state index is 12.0. The first-order chi connectivity index (χ1) is 13.8. The first-order valence-electron chi connectivity index (χ1n) is 9.02. The summed E-state index contributed by atoms with van der Waals surface area (Å²) in [5, 5.41) is 26.3. The number of carbonyl (C=O) groups is 6. The van der Waals surface area contributed by atoms with Crippen LogP contribution in [0.1, 0.15) is 40.0 Å². The molecule has 0 fully saturated rings. The second-order valence-corrected chi connectivity index (χ2v) is 6.81. The third-order valence-electron chi connectivity index (χ3n) is 3.82. The van der Waals surface area contributed by atoms with Gasteiger partial charge in [0.05, 0.1) is 37.0 Å². The number of rotatable bonds is 14. The third kappa shape index (κ3) is 11.6. The number of carboxylic acids is 3. The maximum Gasteiger partial charge on any atom is 0.309 e. The lowest BCUT2D eigenvalue weighted by Crippen LogP contribution is -2.33. The van der Waals surface area contributed by atoms with Crippen LogP contribution >= 0.6 is 0 Å². The molecule has 0 aromatic carbocycles. The van der Waals surface area contributed by atoms with Crippen molar-refractivity contribution in [3.63, 3.8) is 0 Å². The van der Waals surface area contributed by atoms with E-state index in [9.17, 15) is 28.8 Å². The summed E-state index contributed by atoms with van der Waals surface area (Å²) in [5.74, 6) is -9.43. The molecule has 3 atom stereocenters. The van der Waals surface area contributed by atoms with Crippen LogP contribution in [0.3, 0.4) is 0 Å². The molecule has 30 heavy (non-hydrogen) atoms. The maximum atomic E-state index is 12.0. The smallest absolute Gasteiger partial charge is 0.309 e. The first kappa shape index (κ1) is 26.8. The van der Waals surface area contributed by atoms with Crippen LogP contribution in [0.5, 0.6) is 0 Å². The van der Waals surface area contributed by atoms with Crippen LogP contribution in [0.25, 0.3) is 0 Å². The van der Waals surface area contributed by atoms with Gasteiger partial charge < -0.3 is 29.5 Å². The zero-order valence-electron chi connectivity index (χ0n) is 16.9. The summed E-state index contributed by atoms with van der Waals surface area (Å²) >= 11 is 0. The Morgan fingerprint density at radius 2 is 1.07 bits per heavy atom. The van der Waals surface area contributed by atoms with Crippen molar-refractivity contribution in [2.24, 2.45) is 17.8 Å². The number of carboxylic acid groups (broad SMARTS) is 3. The van der Waals surface area contributed by atoms with E-state index in [2.05, 4.69) is 0 Å². The van der Waals surface area contributed by atoms with E-state index in [0.717, 1.165) is 0 Å². The molecule has 0 heterocycles. The van der Waals surface area contributed by atoms with Gasteiger partial charge in [0, 0.05) is 0 Å². The molecule has 0 aromatic rings. The van der Waals surface area contributed by atoms with E-state index >= 15 is 0 Å². The molecule has 0 saturated carbocycles. The Morgan fingerprint density at radius 3 is 1.40 bits per heavy atom. The van der Waals surface area contributed by atoms with Crippen LogP contribution in [-0.2, 0) is 43.0 Å². The van der Waals surface area contributed by atoms with Gasteiger partial charge in [-0.25, -0.2) is 0 Å². The molecular weight excluding hydrogens is 408 g/mol. The van der Waals surface area contributed by atoms with Gasteiger partial charge in [-0.05, 0) is 0 Å². The fraction of sp³-hybridized carbons (Fsp3) is 0.667. The second kappa shape index (κ2) is 13.1. The molecule has 0 aromatic heterocycles. The van der Waals surface area contributed by atoms with E-state index in [0.29, 0.717) is 0 Å². The fourth-order valence-electron chi connectivity index (χ4n) is 1.91. The van der Waals surface area contributed by atoms with Gasteiger partial charge in [0.25, 0.3) is 0 Å². The largest absolute Gasteiger partial charge is 0.481 e. The molecule has 0 saturated heterocycles. The van der Waals surface area contributed by atoms with Crippen molar-refractivity contribution in [3.05, 3.63) is 0 Å². The Hall–Kier alpha value is -3.18. The number of aliphatic carboxylic acids is 3. The van der Waals surface area contributed by atoms with Gasteiger partial charge in [-0.3, -0.25) is 28.8 Å². The Labute approximate surface area is 172 Å². The first-order valence-corrected chi connectivity index (χ1v) is 9.02. The molecule has 3 N–H and O–H groups in total. The van der Waals surface area contributed by atoms with Gasteiger partial charge in [-0.1, -0.05) is 20.8 Å². The van der Waals surface area contributed by atoms with Gasteiger partial charge in [0.1, 0.15) is 13.2 Å². The molecule has 0 amide bonds. The van der Waals surface area contributed by atoms with Gasteiger partial charge in [0.15, 0.2) is 6.10 Å².